The van der Waals surface area contributed by atoms with Crippen LogP contribution in [0.1, 0.15) is 46.5 Å². The molecular formula is C15H31N3. The molecule has 0 radical (unpaired) electrons. The minimum atomic E-state index is 0.578. The average Bonchev–Trinajstić information content (AvgIpc) is 2.39. The van der Waals surface area contributed by atoms with Gasteiger partial charge in [-0.05, 0) is 32.2 Å². The van der Waals surface area contributed by atoms with Gasteiger partial charge in [0.2, 0.25) is 0 Å². The van der Waals surface area contributed by atoms with E-state index in [0.29, 0.717) is 18.0 Å². The minimum Gasteiger partial charge on any atom is -0.329 e. The van der Waals surface area contributed by atoms with Crippen molar-refractivity contribution in [3.63, 3.8) is 0 Å². The van der Waals surface area contributed by atoms with Crippen molar-refractivity contribution in [3.05, 3.63) is 0 Å². The Morgan fingerprint density at radius 1 is 1.28 bits per heavy atom. The standard InChI is InChI=1S/C15H31N3/c1-4-12(2)15(9-16)18-11-14-7-5-6-8-17(14)10-13(18)3/h12-15H,4-11,16H2,1-3H3. The van der Waals surface area contributed by atoms with Crippen LogP contribution in [-0.4, -0.2) is 54.1 Å². The molecule has 2 aliphatic heterocycles. The highest BCUT2D eigenvalue weighted by Gasteiger charge is 2.36. The maximum atomic E-state index is 6.06. The van der Waals surface area contributed by atoms with Crippen molar-refractivity contribution < 1.29 is 0 Å². The molecule has 0 aliphatic carbocycles. The van der Waals surface area contributed by atoms with Gasteiger partial charge in [-0.3, -0.25) is 9.80 Å². The number of hydrogen-bond acceptors (Lipinski definition) is 3. The van der Waals surface area contributed by atoms with Gasteiger partial charge in [0.1, 0.15) is 0 Å². The number of hydrogen-bond donors (Lipinski definition) is 1. The summed E-state index contributed by atoms with van der Waals surface area (Å²) < 4.78 is 0. The Bertz CT molecular complexity index is 256. The molecule has 0 amide bonds. The van der Waals surface area contributed by atoms with E-state index in [-0.39, 0.29) is 0 Å². The second-order valence-corrected chi connectivity index (χ2v) is 6.38. The topological polar surface area (TPSA) is 32.5 Å². The number of piperidine rings is 1. The Kier molecular flexibility index (Phi) is 5.05. The molecule has 0 saturated carbocycles. The van der Waals surface area contributed by atoms with Gasteiger partial charge < -0.3 is 5.73 Å². The van der Waals surface area contributed by atoms with Crippen molar-refractivity contribution in [2.24, 2.45) is 11.7 Å². The lowest BCUT2D eigenvalue weighted by Gasteiger charge is -2.51. The van der Waals surface area contributed by atoms with Gasteiger partial charge >= 0.3 is 0 Å². The van der Waals surface area contributed by atoms with Crippen LogP contribution >= 0.6 is 0 Å². The van der Waals surface area contributed by atoms with Gasteiger partial charge in [-0.2, -0.15) is 0 Å². The summed E-state index contributed by atoms with van der Waals surface area (Å²) >= 11 is 0. The summed E-state index contributed by atoms with van der Waals surface area (Å²) in [4.78, 5) is 5.43. The number of piperazine rings is 1. The highest BCUT2D eigenvalue weighted by Crippen LogP contribution is 2.27. The van der Waals surface area contributed by atoms with Gasteiger partial charge in [0.25, 0.3) is 0 Å². The number of rotatable bonds is 4. The quantitative estimate of drug-likeness (QED) is 0.831. The number of nitrogens with two attached hydrogens (primary N) is 1. The van der Waals surface area contributed by atoms with Crippen molar-refractivity contribution in [2.75, 3.05) is 26.2 Å². The zero-order chi connectivity index (χ0) is 13.1. The molecule has 2 rings (SSSR count). The molecule has 106 valence electrons. The van der Waals surface area contributed by atoms with E-state index in [1.54, 1.807) is 0 Å². The van der Waals surface area contributed by atoms with Crippen LogP contribution in [0.15, 0.2) is 0 Å². The predicted molar refractivity (Wildman–Crippen MR) is 77.7 cm³/mol. The molecule has 2 N–H and O–H groups in total. The zero-order valence-corrected chi connectivity index (χ0v) is 12.4. The van der Waals surface area contributed by atoms with Crippen LogP contribution in [0, 0.1) is 5.92 Å². The van der Waals surface area contributed by atoms with Gasteiger partial charge in [0, 0.05) is 37.8 Å². The summed E-state index contributed by atoms with van der Waals surface area (Å²) in [5, 5.41) is 0. The lowest BCUT2D eigenvalue weighted by Crippen LogP contribution is -2.63. The van der Waals surface area contributed by atoms with E-state index in [1.165, 1.54) is 45.3 Å². The lowest BCUT2D eigenvalue weighted by atomic mass is 9.91. The zero-order valence-electron chi connectivity index (χ0n) is 12.4. The normalized spacial score (nSPS) is 34.0. The summed E-state index contributed by atoms with van der Waals surface area (Å²) in [7, 11) is 0. The molecule has 0 aromatic heterocycles. The maximum Gasteiger partial charge on any atom is 0.0247 e. The van der Waals surface area contributed by atoms with Crippen LogP contribution in [0.25, 0.3) is 0 Å². The molecule has 2 aliphatic rings. The third kappa shape index (κ3) is 2.89. The Hall–Kier alpha value is -0.120. The van der Waals surface area contributed by atoms with Crippen molar-refractivity contribution in [2.45, 2.75) is 64.6 Å². The first kappa shape index (κ1) is 14.3. The first-order valence-electron chi connectivity index (χ1n) is 7.87. The number of fused-ring (bicyclic) bond motifs is 1. The van der Waals surface area contributed by atoms with E-state index < -0.39 is 0 Å². The highest BCUT2D eigenvalue weighted by molar-refractivity contribution is 4.93. The van der Waals surface area contributed by atoms with E-state index in [1.807, 2.05) is 0 Å². The van der Waals surface area contributed by atoms with E-state index in [2.05, 4.69) is 30.6 Å². The molecule has 3 nitrogen and oxygen atoms in total. The molecule has 4 unspecified atom stereocenters. The molecule has 2 saturated heterocycles. The molecule has 0 aromatic rings. The molecule has 0 aromatic carbocycles. The van der Waals surface area contributed by atoms with Crippen LogP contribution < -0.4 is 5.73 Å². The fourth-order valence-electron chi connectivity index (χ4n) is 3.80. The SMILES string of the molecule is CCC(C)C(CN)N1CC2CCCCN2CC1C. The molecule has 18 heavy (non-hydrogen) atoms. The minimum absolute atomic E-state index is 0.578. The van der Waals surface area contributed by atoms with Gasteiger partial charge in [-0.25, -0.2) is 0 Å². The fraction of sp³-hybridized carbons (Fsp3) is 1.00. The summed E-state index contributed by atoms with van der Waals surface area (Å²) in [6, 6.07) is 2.05. The van der Waals surface area contributed by atoms with Crippen molar-refractivity contribution in [3.8, 4) is 0 Å². The van der Waals surface area contributed by atoms with Gasteiger partial charge in [-0.15, -0.1) is 0 Å². The summed E-state index contributed by atoms with van der Waals surface area (Å²) in [6.07, 6.45) is 5.44. The Balaban J connectivity index is 2.03. The first-order valence-corrected chi connectivity index (χ1v) is 7.87. The molecule has 2 heterocycles. The van der Waals surface area contributed by atoms with Crippen LogP contribution in [0.2, 0.25) is 0 Å². The van der Waals surface area contributed by atoms with E-state index >= 15 is 0 Å². The van der Waals surface area contributed by atoms with Gasteiger partial charge in [0.05, 0.1) is 0 Å². The van der Waals surface area contributed by atoms with E-state index in [4.69, 9.17) is 5.73 Å². The predicted octanol–water partition coefficient (Wildman–Crippen LogP) is 1.92. The van der Waals surface area contributed by atoms with Crippen LogP contribution in [0.4, 0.5) is 0 Å². The highest BCUT2D eigenvalue weighted by atomic mass is 15.3. The third-order valence-electron chi connectivity index (χ3n) is 5.20. The smallest absolute Gasteiger partial charge is 0.0247 e. The molecule has 0 spiro atoms. The van der Waals surface area contributed by atoms with Crippen LogP contribution in [0.3, 0.4) is 0 Å². The summed E-state index contributed by atoms with van der Waals surface area (Å²) in [6.45, 7) is 11.7. The first-order chi connectivity index (χ1) is 8.67. The summed E-state index contributed by atoms with van der Waals surface area (Å²) in [5.41, 5.74) is 6.06. The number of nitrogens with zero attached hydrogens (tertiary/aromatic N) is 2. The van der Waals surface area contributed by atoms with Crippen molar-refractivity contribution in [1.82, 2.24) is 9.80 Å². The van der Waals surface area contributed by atoms with Crippen LogP contribution in [0.5, 0.6) is 0 Å². The molecule has 2 fully saturated rings. The van der Waals surface area contributed by atoms with E-state index in [0.717, 1.165) is 12.6 Å². The largest absolute Gasteiger partial charge is 0.329 e. The third-order valence-corrected chi connectivity index (χ3v) is 5.20. The monoisotopic (exact) mass is 253 g/mol. The van der Waals surface area contributed by atoms with Gasteiger partial charge in [-0.1, -0.05) is 26.7 Å². The summed E-state index contributed by atoms with van der Waals surface area (Å²) in [5.74, 6) is 0.715. The van der Waals surface area contributed by atoms with Gasteiger partial charge in [0.15, 0.2) is 0 Å². The van der Waals surface area contributed by atoms with Crippen molar-refractivity contribution in [1.29, 1.82) is 0 Å². The lowest BCUT2D eigenvalue weighted by molar-refractivity contribution is -0.0181. The maximum absolute atomic E-state index is 6.06. The Morgan fingerprint density at radius 2 is 2.06 bits per heavy atom. The molecule has 0 bridgehead atoms. The molecule has 3 heteroatoms. The average molecular weight is 253 g/mol. The Labute approximate surface area is 113 Å². The fourth-order valence-corrected chi connectivity index (χ4v) is 3.80. The second kappa shape index (κ2) is 6.36. The Morgan fingerprint density at radius 3 is 2.72 bits per heavy atom. The second-order valence-electron chi connectivity index (χ2n) is 6.38. The van der Waals surface area contributed by atoms with E-state index in [9.17, 15) is 0 Å². The molecular weight excluding hydrogens is 222 g/mol. The van der Waals surface area contributed by atoms with Crippen molar-refractivity contribution >= 4 is 0 Å². The van der Waals surface area contributed by atoms with Crippen LogP contribution in [-0.2, 0) is 0 Å². The molecule has 4 atom stereocenters.